The fourth-order valence-electron chi connectivity index (χ4n) is 4.95. The fourth-order valence-corrected chi connectivity index (χ4v) is 4.95. The van der Waals surface area contributed by atoms with Crippen LogP contribution in [0.15, 0.2) is 72.3 Å². The van der Waals surface area contributed by atoms with Gasteiger partial charge in [-0.25, -0.2) is 10.5 Å². The Balaban J connectivity index is 0.00000204. The van der Waals surface area contributed by atoms with Gasteiger partial charge in [-0.2, -0.15) is 23.3 Å². The molecule has 1 saturated heterocycles. The van der Waals surface area contributed by atoms with Gasteiger partial charge in [0.15, 0.2) is 0 Å². The Morgan fingerprint density at radius 3 is 2.33 bits per heavy atom. The van der Waals surface area contributed by atoms with Crippen LogP contribution in [0.2, 0.25) is 0 Å². The van der Waals surface area contributed by atoms with E-state index in [4.69, 9.17) is 9.59 Å². The van der Waals surface area contributed by atoms with Gasteiger partial charge in [0.05, 0.1) is 5.60 Å². The van der Waals surface area contributed by atoms with Gasteiger partial charge in [-0.15, -0.1) is 17.7 Å². The largest absolute Gasteiger partial charge is 1.00 e. The maximum atomic E-state index is 13.7. The second-order valence-corrected chi connectivity index (χ2v) is 8.93. The van der Waals surface area contributed by atoms with Crippen molar-refractivity contribution < 1.29 is 75.3 Å². The SMILES string of the molecule is C=O.C=O.CC.Cc1cc[c-]c(/C=C(\[C-]=O)C(c2ccccc2)C2(O)CCNC(c3ccc(F)cc3C)C2)c1.[K+]. The molecule has 1 fully saturated rings. The molecule has 2 N–H and O–H groups in total. The van der Waals surface area contributed by atoms with Crippen molar-refractivity contribution in [3.05, 3.63) is 112 Å². The van der Waals surface area contributed by atoms with E-state index in [0.29, 0.717) is 25.0 Å². The number of aryl methyl sites for hydroxylation is 2. The molecular weight excluding hydrogens is 532 g/mol. The number of aliphatic hydroxyl groups is 1. The van der Waals surface area contributed by atoms with Crippen molar-refractivity contribution in [2.24, 2.45) is 0 Å². The van der Waals surface area contributed by atoms with Crippen LogP contribution in [0.5, 0.6) is 0 Å². The van der Waals surface area contributed by atoms with Crippen molar-refractivity contribution in [2.45, 2.75) is 58.1 Å². The number of hydrogen-bond donors (Lipinski definition) is 2. The van der Waals surface area contributed by atoms with E-state index in [-0.39, 0.29) is 63.2 Å². The van der Waals surface area contributed by atoms with Crippen molar-refractivity contribution in [2.75, 3.05) is 6.54 Å². The summed E-state index contributed by atoms with van der Waals surface area (Å²) in [5.41, 5.74) is 3.69. The number of halogens is 1. The standard InChI is InChI=1S/C29H28FNO2.C2H6.2CH2O.K/c1-20-7-6-8-22(15-20)17-24(19-32)28(23-9-4-3-5-10-23)29(33)13-14-31-27(18-29)26-12-11-25(30)16-21(26)2;3*1-2;/h3-7,9-12,15-17,27-28,31,33H,13-14,18H2,1-2H3;1-2H3;2*1H2;/q-2;;;;+1/b24-17+;;;;. The molecule has 3 unspecified atom stereocenters. The first-order valence-corrected chi connectivity index (χ1v) is 12.8. The Morgan fingerprint density at radius 2 is 1.75 bits per heavy atom. The van der Waals surface area contributed by atoms with Gasteiger partial charge in [0.1, 0.15) is 19.4 Å². The third kappa shape index (κ3) is 10.4. The molecule has 4 rings (SSSR count). The zero-order valence-corrected chi connectivity index (χ0v) is 27.3. The van der Waals surface area contributed by atoms with Gasteiger partial charge < -0.3 is 24.8 Å². The first-order valence-electron chi connectivity index (χ1n) is 12.8. The molecule has 0 aromatic heterocycles. The molecule has 0 amide bonds. The summed E-state index contributed by atoms with van der Waals surface area (Å²) >= 11 is 0. The van der Waals surface area contributed by atoms with Crippen LogP contribution in [0, 0.1) is 25.7 Å². The Morgan fingerprint density at radius 1 is 1.10 bits per heavy atom. The summed E-state index contributed by atoms with van der Waals surface area (Å²) in [6.07, 6.45) is 4.76. The Hall–Kier alpha value is -2.10. The van der Waals surface area contributed by atoms with Gasteiger partial charge in [-0.3, -0.25) is 0 Å². The number of piperidine rings is 1. The first-order chi connectivity index (χ1) is 18.9. The molecule has 3 aromatic rings. The Labute approximate surface area is 280 Å². The van der Waals surface area contributed by atoms with Gasteiger partial charge in [-0.1, -0.05) is 57.2 Å². The third-order valence-corrected chi connectivity index (χ3v) is 6.50. The van der Waals surface area contributed by atoms with Crippen molar-refractivity contribution in [1.29, 1.82) is 0 Å². The second-order valence-electron chi connectivity index (χ2n) is 8.93. The zero-order valence-electron chi connectivity index (χ0n) is 24.2. The molecule has 0 spiro atoms. The normalized spacial score (nSPS) is 18.6. The quantitative estimate of drug-likeness (QED) is 0.271. The zero-order chi connectivity index (χ0) is 29.4. The molecule has 0 bridgehead atoms. The Bertz CT molecular complexity index is 1200. The molecule has 0 radical (unpaired) electrons. The van der Waals surface area contributed by atoms with E-state index >= 15 is 0 Å². The second kappa shape index (κ2) is 19.9. The molecular formula is C33H38FKNO4-. The summed E-state index contributed by atoms with van der Waals surface area (Å²) in [6.45, 7) is 12.4. The van der Waals surface area contributed by atoms with Crippen molar-refractivity contribution in [3.8, 4) is 0 Å². The van der Waals surface area contributed by atoms with E-state index in [1.807, 2.05) is 89.8 Å². The van der Waals surface area contributed by atoms with E-state index in [1.54, 1.807) is 12.1 Å². The molecule has 208 valence electrons. The minimum absolute atomic E-state index is 0. The molecule has 0 aliphatic carbocycles. The minimum Gasteiger partial charge on any atom is -0.419 e. The van der Waals surface area contributed by atoms with Crippen LogP contribution in [0.4, 0.5) is 4.39 Å². The summed E-state index contributed by atoms with van der Waals surface area (Å²) in [6, 6.07) is 23.1. The van der Waals surface area contributed by atoms with Gasteiger partial charge in [0, 0.05) is 12.0 Å². The topological polar surface area (TPSA) is 83.5 Å². The first kappa shape index (κ1) is 37.9. The van der Waals surface area contributed by atoms with E-state index in [2.05, 4.69) is 17.7 Å². The van der Waals surface area contributed by atoms with Crippen LogP contribution in [0.3, 0.4) is 0 Å². The van der Waals surface area contributed by atoms with E-state index < -0.39 is 11.5 Å². The van der Waals surface area contributed by atoms with Gasteiger partial charge in [0.2, 0.25) is 0 Å². The molecule has 3 aromatic carbocycles. The molecule has 1 aliphatic heterocycles. The summed E-state index contributed by atoms with van der Waals surface area (Å²) < 4.78 is 13.7. The van der Waals surface area contributed by atoms with Crippen molar-refractivity contribution >= 4 is 25.9 Å². The number of nitrogens with one attached hydrogen (secondary N) is 1. The van der Waals surface area contributed by atoms with Crippen molar-refractivity contribution in [3.63, 3.8) is 0 Å². The number of benzene rings is 3. The summed E-state index contributed by atoms with van der Waals surface area (Å²) in [4.78, 5) is 28.3. The number of carbonyl (C=O) groups is 2. The summed E-state index contributed by atoms with van der Waals surface area (Å²) in [7, 11) is 0. The van der Waals surface area contributed by atoms with Crippen molar-refractivity contribution in [1.82, 2.24) is 5.32 Å². The van der Waals surface area contributed by atoms with E-state index in [0.717, 1.165) is 27.8 Å². The van der Waals surface area contributed by atoms with Gasteiger partial charge in [0.25, 0.3) is 0 Å². The molecule has 5 nitrogen and oxygen atoms in total. The third-order valence-electron chi connectivity index (χ3n) is 6.50. The van der Waals surface area contributed by atoms with Crippen LogP contribution in [-0.2, 0) is 14.4 Å². The molecule has 7 heteroatoms. The van der Waals surface area contributed by atoms with Crippen LogP contribution < -0.4 is 56.7 Å². The minimum atomic E-state index is -1.19. The number of hydrogen-bond acceptors (Lipinski definition) is 5. The molecule has 40 heavy (non-hydrogen) atoms. The van der Waals surface area contributed by atoms with E-state index in [9.17, 15) is 14.3 Å². The molecule has 1 aliphatic rings. The fraction of sp³-hybridized carbons (Fsp3) is 0.303. The average Bonchev–Trinajstić information content (AvgIpc) is 2.96. The van der Waals surface area contributed by atoms with Gasteiger partial charge >= 0.3 is 51.4 Å². The predicted molar refractivity (Wildman–Crippen MR) is 155 cm³/mol. The Kier molecular flexibility index (Phi) is 18.8. The number of rotatable bonds is 6. The van der Waals surface area contributed by atoms with Crippen LogP contribution in [0.25, 0.3) is 6.08 Å². The maximum Gasteiger partial charge on any atom is 1.00 e. The van der Waals surface area contributed by atoms with Crippen LogP contribution in [0.1, 0.15) is 66.5 Å². The van der Waals surface area contributed by atoms with Crippen LogP contribution >= 0.6 is 0 Å². The smallest absolute Gasteiger partial charge is 0.419 e. The summed E-state index contributed by atoms with van der Waals surface area (Å²) in [5.74, 6) is -0.838. The molecule has 1 heterocycles. The maximum absolute atomic E-state index is 13.7. The predicted octanol–water partition coefficient (Wildman–Crippen LogP) is 3.04. The summed E-state index contributed by atoms with van der Waals surface area (Å²) in [5, 5.41) is 15.5. The number of carbonyl (C=O) groups excluding carboxylic acids is 3. The van der Waals surface area contributed by atoms with E-state index in [1.165, 1.54) is 12.1 Å². The monoisotopic (exact) mass is 570 g/mol. The van der Waals surface area contributed by atoms with Crippen LogP contribution in [-0.4, -0.2) is 37.1 Å². The molecule has 0 saturated carbocycles. The molecule has 3 atom stereocenters. The van der Waals surface area contributed by atoms with Gasteiger partial charge in [-0.05, 0) is 61.4 Å². The average molecular weight is 571 g/mol.